The molecule has 0 bridgehead atoms. The zero-order chi connectivity index (χ0) is 13.9. The van der Waals surface area contributed by atoms with Gasteiger partial charge in [-0.1, -0.05) is 12.1 Å². The number of phenols is 1. The molecule has 1 heterocycles. The Morgan fingerprint density at radius 2 is 1.90 bits per heavy atom. The maximum absolute atomic E-state index is 9.44. The predicted octanol–water partition coefficient (Wildman–Crippen LogP) is 3.06. The van der Waals surface area contributed by atoms with Crippen LogP contribution >= 0.6 is 0 Å². The molecule has 20 heavy (non-hydrogen) atoms. The zero-order valence-corrected chi connectivity index (χ0v) is 11.3. The van der Waals surface area contributed by atoms with Gasteiger partial charge in [0.15, 0.2) is 0 Å². The van der Waals surface area contributed by atoms with E-state index in [-0.39, 0.29) is 5.75 Å². The van der Waals surface area contributed by atoms with Crippen LogP contribution in [0.25, 0.3) is 11.0 Å². The van der Waals surface area contributed by atoms with Crippen LogP contribution in [0.5, 0.6) is 11.5 Å². The molecule has 2 aromatic carbocycles. The Balaban J connectivity index is 1.72. The van der Waals surface area contributed by atoms with E-state index in [0.29, 0.717) is 0 Å². The summed E-state index contributed by atoms with van der Waals surface area (Å²) < 4.78 is 5.14. The first-order valence-corrected chi connectivity index (χ1v) is 6.55. The molecule has 4 heteroatoms. The van der Waals surface area contributed by atoms with Gasteiger partial charge in [0, 0.05) is 12.5 Å². The molecule has 0 unspecified atom stereocenters. The van der Waals surface area contributed by atoms with Crippen LogP contribution in [0.2, 0.25) is 0 Å². The average molecular weight is 268 g/mol. The average Bonchev–Trinajstić information content (AvgIpc) is 2.87. The molecule has 0 atom stereocenters. The van der Waals surface area contributed by atoms with Gasteiger partial charge in [0.2, 0.25) is 0 Å². The Kier molecular flexibility index (Phi) is 3.29. The Morgan fingerprint density at radius 1 is 1.10 bits per heavy atom. The van der Waals surface area contributed by atoms with Crippen molar-refractivity contribution in [2.24, 2.45) is 0 Å². The van der Waals surface area contributed by atoms with Gasteiger partial charge in [-0.15, -0.1) is 0 Å². The molecular weight excluding hydrogens is 252 g/mol. The highest BCUT2D eigenvalue weighted by molar-refractivity contribution is 5.76. The van der Waals surface area contributed by atoms with Crippen molar-refractivity contribution >= 4 is 11.0 Å². The lowest BCUT2D eigenvalue weighted by atomic mass is 10.1. The van der Waals surface area contributed by atoms with Gasteiger partial charge in [0.05, 0.1) is 18.1 Å². The first-order chi connectivity index (χ1) is 9.74. The van der Waals surface area contributed by atoms with E-state index in [1.807, 2.05) is 18.2 Å². The molecule has 3 aromatic rings. The number of aromatic amines is 1. The van der Waals surface area contributed by atoms with Gasteiger partial charge in [0.1, 0.15) is 17.3 Å². The first-order valence-electron chi connectivity index (χ1n) is 6.55. The molecule has 0 saturated carbocycles. The third kappa shape index (κ3) is 2.59. The van der Waals surface area contributed by atoms with Gasteiger partial charge >= 0.3 is 0 Å². The van der Waals surface area contributed by atoms with Crippen molar-refractivity contribution in [2.45, 2.75) is 12.8 Å². The van der Waals surface area contributed by atoms with Crippen LogP contribution in [-0.4, -0.2) is 22.2 Å². The van der Waals surface area contributed by atoms with Crippen molar-refractivity contribution < 1.29 is 9.84 Å². The standard InChI is InChI=1S/C16H16N2O2/c1-20-13-6-2-11(3-7-13)4-9-16-17-14-8-5-12(19)10-15(14)18-16/h2-3,5-8,10,19H,4,9H2,1H3,(H,17,18). The van der Waals surface area contributed by atoms with Gasteiger partial charge in [-0.2, -0.15) is 0 Å². The summed E-state index contributed by atoms with van der Waals surface area (Å²) in [6.45, 7) is 0. The molecule has 0 amide bonds. The molecule has 0 saturated heterocycles. The molecule has 0 radical (unpaired) electrons. The normalized spacial score (nSPS) is 10.8. The second kappa shape index (κ2) is 5.25. The Morgan fingerprint density at radius 3 is 2.65 bits per heavy atom. The number of methoxy groups -OCH3 is 1. The minimum Gasteiger partial charge on any atom is -0.508 e. The van der Waals surface area contributed by atoms with E-state index < -0.39 is 0 Å². The number of rotatable bonds is 4. The van der Waals surface area contributed by atoms with Gasteiger partial charge < -0.3 is 14.8 Å². The number of phenolic OH excluding ortho intramolecular Hbond substituents is 1. The highest BCUT2D eigenvalue weighted by Gasteiger charge is 2.04. The van der Waals surface area contributed by atoms with Crippen LogP contribution in [0.3, 0.4) is 0 Å². The molecule has 102 valence electrons. The van der Waals surface area contributed by atoms with Crippen molar-refractivity contribution in [3.05, 3.63) is 53.9 Å². The number of aromatic nitrogens is 2. The summed E-state index contributed by atoms with van der Waals surface area (Å²) in [6, 6.07) is 13.2. The maximum atomic E-state index is 9.44. The summed E-state index contributed by atoms with van der Waals surface area (Å²) >= 11 is 0. The van der Waals surface area contributed by atoms with Crippen molar-refractivity contribution in [3.63, 3.8) is 0 Å². The molecule has 1 aromatic heterocycles. The molecule has 2 N–H and O–H groups in total. The fourth-order valence-corrected chi connectivity index (χ4v) is 2.22. The fourth-order valence-electron chi connectivity index (χ4n) is 2.22. The van der Waals surface area contributed by atoms with Crippen LogP contribution in [0, 0.1) is 0 Å². The number of imidazole rings is 1. The Bertz CT molecular complexity index is 717. The highest BCUT2D eigenvalue weighted by atomic mass is 16.5. The van der Waals surface area contributed by atoms with Gasteiger partial charge in [0.25, 0.3) is 0 Å². The second-order valence-electron chi connectivity index (χ2n) is 4.73. The minimum atomic E-state index is 0.253. The third-order valence-corrected chi connectivity index (χ3v) is 3.32. The number of nitrogens with one attached hydrogen (secondary N) is 1. The van der Waals surface area contributed by atoms with Crippen LogP contribution < -0.4 is 4.74 Å². The van der Waals surface area contributed by atoms with Crippen LogP contribution in [0.1, 0.15) is 11.4 Å². The lowest BCUT2D eigenvalue weighted by molar-refractivity contribution is 0.414. The molecule has 4 nitrogen and oxygen atoms in total. The maximum Gasteiger partial charge on any atom is 0.118 e. The fraction of sp³-hybridized carbons (Fsp3) is 0.188. The number of fused-ring (bicyclic) bond motifs is 1. The van der Waals surface area contributed by atoms with E-state index in [0.717, 1.165) is 35.4 Å². The summed E-state index contributed by atoms with van der Waals surface area (Å²) in [5.74, 6) is 2.05. The van der Waals surface area contributed by atoms with Gasteiger partial charge in [-0.25, -0.2) is 4.98 Å². The molecular formula is C16H16N2O2. The molecule has 3 rings (SSSR count). The van der Waals surface area contributed by atoms with Gasteiger partial charge in [-0.05, 0) is 36.2 Å². The zero-order valence-electron chi connectivity index (χ0n) is 11.3. The van der Waals surface area contributed by atoms with Crippen LogP contribution in [0.4, 0.5) is 0 Å². The molecule has 0 aliphatic carbocycles. The van der Waals surface area contributed by atoms with Crippen molar-refractivity contribution in [1.29, 1.82) is 0 Å². The number of benzene rings is 2. The van der Waals surface area contributed by atoms with Crippen molar-refractivity contribution in [2.75, 3.05) is 7.11 Å². The predicted molar refractivity (Wildman–Crippen MR) is 78.2 cm³/mol. The topological polar surface area (TPSA) is 58.1 Å². The van der Waals surface area contributed by atoms with Crippen molar-refractivity contribution in [1.82, 2.24) is 9.97 Å². The lowest BCUT2D eigenvalue weighted by Crippen LogP contribution is -1.93. The number of nitrogens with zero attached hydrogens (tertiary/aromatic N) is 1. The SMILES string of the molecule is COc1ccc(CCc2nc3ccc(O)cc3[nH]2)cc1. The second-order valence-corrected chi connectivity index (χ2v) is 4.73. The van der Waals surface area contributed by atoms with E-state index in [1.165, 1.54) is 5.56 Å². The summed E-state index contributed by atoms with van der Waals surface area (Å²) in [4.78, 5) is 7.74. The van der Waals surface area contributed by atoms with Gasteiger partial charge in [-0.3, -0.25) is 0 Å². The molecule has 0 aliphatic rings. The number of hydrogen-bond donors (Lipinski definition) is 2. The monoisotopic (exact) mass is 268 g/mol. The Labute approximate surface area is 117 Å². The number of ether oxygens (including phenoxy) is 1. The van der Waals surface area contributed by atoms with E-state index >= 15 is 0 Å². The van der Waals surface area contributed by atoms with E-state index in [1.54, 1.807) is 19.2 Å². The molecule has 0 fully saturated rings. The number of H-pyrrole nitrogens is 1. The van der Waals surface area contributed by atoms with E-state index in [9.17, 15) is 5.11 Å². The van der Waals surface area contributed by atoms with Crippen LogP contribution in [0.15, 0.2) is 42.5 Å². The molecule has 0 spiro atoms. The lowest BCUT2D eigenvalue weighted by Gasteiger charge is -2.02. The van der Waals surface area contributed by atoms with E-state index in [2.05, 4.69) is 22.1 Å². The summed E-state index contributed by atoms with van der Waals surface area (Å²) in [7, 11) is 1.67. The summed E-state index contributed by atoms with van der Waals surface area (Å²) in [5, 5.41) is 9.44. The van der Waals surface area contributed by atoms with Crippen molar-refractivity contribution in [3.8, 4) is 11.5 Å². The quantitative estimate of drug-likeness (QED) is 0.764. The first kappa shape index (κ1) is 12.5. The number of hydrogen-bond acceptors (Lipinski definition) is 3. The molecule has 0 aliphatic heterocycles. The number of aromatic hydroxyl groups is 1. The summed E-state index contributed by atoms with van der Waals surface area (Å²) in [6.07, 6.45) is 1.75. The summed E-state index contributed by atoms with van der Waals surface area (Å²) in [5.41, 5.74) is 3.00. The smallest absolute Gasteiger partial charge is 0.118 e. The Hall–Kier alpha value is -2.49. The number of aryl methyl sites for hydroxylation is 2. The third-order valence-electron chi connectivity index (χ3n) is 3.32. The largest absolute Gasteiger partial charge is 0.508 e. The van der Waals surface area contributed by atoms with Crippen LogP contribution in [-0.2, 0) is 12.8 Å². The minimum absolute atomic E-state index is 0.253. The highest BCUT2D eigenvalue weighted by Crippen LogP contribution is 2.18. The van der Waals surface area contributed by atoms with E-state index in [4.69, 9.17) is 4.74 Å².